The number of fused-ring (bicyclic) bond motifs is 1. The number of hydrogen-bond acceptors (Lipinski definition) is 3. The predicted octanol–water partition coefficient (Wildman–Crippen LogP) is 3.50. The molecular weight excluding hydrogens is 244 g/mol. The molecule has 0 amide bonds. The van der Waals surface area contributed by atoms with E-state index in [0.29, 0.717) is 21.6 Å². The molecule has 0 aliphatic heterocycles. The first-order chi connectivity index (χ1) is 8.58. The molecule has 0 fully saturated rings. The molecule has 3 heteroatoms. The van der Waals surface area contributed by atoms with E-state index >= 15 is 0 Å². The minimum absolute atomic E-state index is 0.168. The van der Waals surface area contributed by atoms with Crippen LogP contribution >= 0.6 is 12.6 Å². The van der Waals surface area contributed by atoms with Gasteiger partial charge in [0.1, 0.15) is 0 Å². The van der Waals surface area contributed by atoms with Gasteiger partial charge in [-0.15, -0.1) is 12.6 Å². The number of Topliss-reactive ketones (excluding diaryl/α,β-unsaturated/α-hetero) is 1. The van der Waals surface area contributed by atoms with Gasteiger partial charge in [0.15, 0.2) is 11.6 Å². The fourth-order valence-corrected chi connectivity index (χ4v) is 2.17. The molecule has 90 valence electrons. The lowest BCUT2D eigenvalue weighted by Crippen LogP contribution is -2.16. The van der Waals surface area contributed by atoms with Crippen molar-refractivity contribution < 1.29 is 9.59 Å². The number of carbonyl (C=O) groups is 2. The second-order valence-electron chi connectivity index (χ2n) is 3.95. The molecule has 0 saturated heterocycles. The Labute approximate surface area is 111 Å². The standard InChI is InChI=1S/C15H12O2S/c1-3-5-10-6-11-12(8-14(10)18)15(17)9(4-2)7-13(11)16/h3-8,18H,2H2,1H3. The normalized spacial score (nSPS) is 14.7. The zero-order chi connectivity index (χ0) is 13.3. The van der Waals surface area contributed by atoms with Crippen LogP contribution in [0.15, 0.2) is 47.4 Å². The molecule has 1 aromatic rings. The van der Waals surface area contributed by atoms with E-state index in [1.54, 1.807) is 12.1 Å². The number of allylic oxidation sites excluding steroid dienone is 4. The number of thiol groups is 1. The topological polar surface area (TPSA) is 34.1 Å². The molecule has 2 rings (SSSR count). The molecule has 0 N–H and O–H groups in total. The molecule has 1 aliphatic rings. The molecular formula is C15H12O2S. The predicted molar refractivity (Wildman–Crippen MR) is 75.3 cm³/mol. The zero-order valence-electron chi connectivity index (χ0n) is 9.93. The van der Waals surface area contributed by atoms with Crippen LogP contribution in [-0.4, -0.2) is 11.6 Å². The van der Waals surface area contributed by atoms with E-state index in [0.717, 1.165) is 5.56 Å². The van der Waals surface area contributed by atoms with Gasteiger partial charge in [-0.25, -0.2) is 0 Å². The van der Waals surface area contributed by atoms with E-state index < -0.39 is 0 Å². The van der Waals surface area contributed by atoms with Crippen LogP contribution in [0.4, 0.5) is 0 Å². The number of ketones is 2. The molecule has 0 spiro atoms. The average molecular weight is 256 g/mol. The zero-order valence-corrected chi connectivity index (χ0v) is 10.8. The number of carbonyl (C=O) groups excluding carboxylic acids is 2. The third-order valence-corrected chi connectivity index (χ3v) is 3.18. The third kappa shape index (κ3) is 1.97. The lowest BCUT2D eigenvalue weighted by atomic mass is 9.88. The Kier molecular flexibility index (Phi) is 3.34. The summed E-state index contributed by atoms with van der Waals surface area (Å²) in [5.74, 6) is -0.347. The molecule has 0 atom stereocenters. The summed E-state index contributed by atoms with van der Waals surface area (Å²) in [6.07, 6.45) is 6.45. The first-order valence-corrected chi connectivity index (χ1v) is 5.96. The van der Waals surface area contributed by atoms with Gasteiger partial charge in [-0.05, 0) is 30.7 Å². The second kappa shape index (κ2) is 4.78. The molecule has 0 heterocycles. The van der Waals surface area contributed by atoms with Crippen molar-refractivity contribution in [1.82, 2.24) is 0 Å². The highest BCUT2D eigenvalue weighted by atomic mass is 32.1. The van der Waals surface area contributed by atoms with Gasteiger partial charge >= 0.3 is 0 Å². The first-order valence-electron chi connectivity index (χ1n) is 5.51. The van der Waals surface area contributed by atoms with E-state index in [-0.39, 0.29) is 11.6 Å². The highest BCUT2D eigenvalue weighted by Gasteiger charge is 2.24. The lowest BCUT2D eigenvalue weighted by molar-refractivity contribution is 0.0987. The van der Waals surface area contributed by atoms with Gasteiger partial charge in [0.2, 0.25) is 0 Å². The van der Waals surface area contributed by atoms with E-state index in [1.165, 1.54) is 12.2 Å². The summed E-state index contributed by atoms with van der Waals surface area (Å²) >= 11 is 4.33. The Bertz CT molecular complexity index is 622. The van der Waals surface area contributed by atoms with E-state index in [9.17, 15) is 9.59 Å². The summed E-state index contributed by atoms with van der Waals surface area (Å²) in [5.41, 5.74) is 1.99. The second-order valence-corrected chi connectivity index (χ2v) is 4.44. The maximum atomic E-state index is 12.1. The van der Waals surface area contributed by atoms with Crippen molar-refractivity contribution in [3.8, 4) is 0 Å². The van der Waals surface area contributed by atoms with Gasteiger partial charge in [0.05, 0.1) is 0 Å². The van der Waals surface area contributed by atoms with E-state index in [1.807, 2.05) is 19.1 Å². The summed E-state index contributed by atoms with van der Waals surface area (Å²) < 4.78 is 0. The lowest BCUT2D eigenvalue weighted by Gasteiger charge is -2.14. The molecule has 0 radical (unpaired) electrons. The van der Waals surface area contributed by atoms with Crippen molar-refractivity contribution in [1.29, 1.82) is 0 Å². The quantitative estimate of drug-likeness (QED) is 0.822. The van der Waals surface area contributed by atoms with Crippen LogP contribution in [0, 0.1) is 0 Å². The molecule has 0 saturated carbocycles. The van der Waals surface area contributed by atoms with Crippen molar-refractivity contribution in [2.75, 3.05) is 0 Å². The fourth-order valence-electron chi connectivity index (χ4n) is 1.90. The highest BCUT2D eigenvalue weighted by Crippen LogP contribution is 2.27. The van der Waals surface area contributed by atoms with Gasteiger partial charge in [-0.1, -0.05) is 24.8 Å². The van der Waals surface area contributed by atoms with Gasteiger partial charge in [0, 0.05) is 21.6 Å². The molecule has 2 nitrogen and oxygen atoms in total. The summed E-state index contributed by atoms with van der Waals surface area (Å²) in [5, 5.41) is 0. The van der Waals surface area contributed by atoms with Crippen molar-refractivity contribution >= 4 is 30.3 Å². The Balaban J connectivity index is 2.67. The summed E-state index contributed by atoms with van der Waals surface area (Å²) in [6.45, 7) is 5.42. The molecule has 0 aromatic heterocycles. The Morgan fingerprint density at radius 1 is 1.22 bits per heavy atom. The van der Waals surface area contributed by atoms with Crippen LogP contribution in [0.1, 0.15) is 33.2 Å². The Hall–Kier alpha value is -1.87. The maximum absolute atomic E-state index is 12.1. The fraction of sp³-hybridized carbons (Fsp3) is 0.0667. The van der Waals surface area contributed by atoms with Crippen LogP contribution < -0.4 is 0 Å². The van der Waals surface area contributed by atoms with Crippen molar-refractivity contribution in [2.24, 2.45) is 0 Å². The highest BCUT2D eigenvalue weighted by molar-refractivity contribution is 7.80. The van der Waals surface area contributed by atoms with Crippen molar-refractivity contribution in [3.05, 3.63) is 59.2 Å². The Morgan fingerprint density at radius 3 is 2.56 bits per heavy atom. The molecule has 1 aliphatic carbocycles. The van der Waals surface area contributed by atoms with Crippen LogP contribution in [0.3, 0.4) is 0 Å². The first kappa shape index (κ1) is 12.6. The molecule has 0 unspecified atom stereocenters. The summed E-state index contributed by atoms with van der Waals surface area (Å²) in [4.78, 5) is 24.7. The van der Waals surface area contributed by atoms with Gasteiger partial charge < -0.3 is 0 Å². The average Bonchev–Trinajstić information content (AvgIpc) is 2.35. The van der Waals surface area contributed by atoms with Crippen LogP contribution in [0.2, 0.25) is 0 Å². The largest absolute Gasteiger partial charge is 0.289 e. The minimum Gasteiger partial charge on any atom is -0.289 e. The van der Waals surface area contributed by atoms with Gasteiger partial charge in [0.25, 0.3) is 0 Å². The molecule has 0 bridgehead atoms. The summed E-state index contributed by atoms with van der Waals surface area (Å²) in [7, 11) is 0. The SMILES string of the molecule is C=CC1=CC(=O)c2cc(C=CC)c(S)cc2C1=O. The van der Waals surface area contributed by atoms with Gasteiger partial charge in [-0.3, -0.25) is 9.59 Å². The number of rotatable bonds is 2. The van der Waals surface area contributed by atoms with Gasteiger partial charge in [-0.2, -0.15) is 0 Å². The van der Waals surface area contributed by atoms with Crippen LogP contribution in [0.25, 0.3) is 6.08 Å². The molecule has 18 heavy (non-hydrogen) atoms. The monoisotopic (exact) mass is 256 g/mol. The van der Waals surface area contributed by atoms with E-state index in [2.05, 4.69) is 19.2 Å². The minimum atomic E-state index is -0.179. The van der Waals surface area contributed by atoms with Crippen molar-refractivity contribution in [2.45, 2.75) is 11.8 Å². The number of benzene rings is 1. The molecule has 1 aromatic carbocycles. The van der Waals surface area contributed by atoms with Crippen LogP contribution in [0.5, 0.6) is 0 Å². The smallest absolute Gasteiger partial charge is 0.193 e. The summed E-state index contributed by atoms with van der Waals surface area (Å²) in [6, 6.07) is 3.35. The Morgan fingerprint density at radius 2 is 1.94 bits per heavy atom. The van der Waals surface area contributed by atoms with E-state index in [4.69, 9.17) is 0 Å². The van der Waals surface area contributed by atoms with Crippen LogP contribution in [-0.2, 0) is 0 Å². The van der Waals surface area contributed by atoms with Crippen molar-refractivity contribution in [3.63, 3.8) is 0 Å². The number of hydrogen-bond donors (Lipinski definition) is 1. The maximum Gasteiger partial charge on any atom is 0.193 e. The third-order valence-electron chi connectivity index (χ3n) is 2.79.